The third-order valence-electron chi connectivity index (χ3n) is 3.72. The fourth-order valence-corrected chi connectivity index (χ4v) is 2.21. The molecular formula is C13H21NO. The molecule has 1 saturated carbocycles. The molecule has 1 aliphatic carbocycles. The molecule has 1 fully saturated rings. The first-order valence-corrected chi connectivity index (χ1v) is 5.71. The summed E-state index contributed by atoms with van der Waals surface area (Å²) >= 11 is 0. The van der Waals surface area contributed by atoms with Gasteiger partial charge in [-0.15, -0.1) is 0 Å². The number of allylic oxidation sites excluding steroid dienone is 1. The van der Waals surface area contributed by atoms with E-state index in [1.54, 1.807) is 6.92 Å². The van der Waals surface area contributed by atoms with Crippen molar-refractivity contribution >= 4 is 0 Å². The molecule has 2 atom stereocenters. The molecule has 0 saturated heterocycles. The lowest BCUT2D eigenvalue weighted by Gasteiger charge is -2.37. The van der Waals surface area contributed by atoms with Crippen LogP contribution in [0, 0.1) is 16.7 Å². The third kappa shape index (κ3) is 3.07. The number of hydrogen-bond donors (Lipinski definition) is 1. The van der Waals surface area contributed by atoms with Crippen LogP contribution in [0.5, 0.6) is 0 Å². The zero-order valence-corrected chi connectivity index (χ0v) is 9.84. The van der Waals surface area contributed by atoms with Gasteiger partial charge in [-0.2, -0.15) is 5.26 Å². The highest BCUT2D eigenvalue weighted by Crippen LogP contribution is 2.43. The van der Waals surface area contributed by atoms with Crippen molar-refractivity contribution in [2.75, 3.05) is 0 Å². The van der Waals surface area contributed by atoms with Crippen molar-refractivity contribution in [3.63, 3.8) is 0 Å². The van der Waals surface area contributed by atoms with Crippen LogP contribution in [-0.4, -0.2) is 10.7 Å². The summed E-state index contributed by atoms with van der Waals surface area (Å²) in [5.74, 6) is 0. The van der Waals surface area contributed by atoms with E-state index in [0.29, 0.717) is 6.42 Å². The van der Waals surface area contributed by atoms with E-state index >= 15 is 0 Å². The smallest absolute Gasteiger partial charge is 0.148 e. The average molecular weight is 207 g/mol. The van der Waals surface area contributed by atoms with Crippen LogP contribution in [0.15, 0.2) is 12.2 Å². The molecule has 0 aromatic carbocycles. The molecule has 0 aliphatic heterocycles. The molecule has 15 heavy (non-hydrogen) atoms. The Morgan fingerprint density at radius 2 is 2.27 bits per heavy atom. The van der Waals surface area contributed by atoms with Gasteiger partial charge in [0.25, 0.3) is 0 Å². The maximum Gasteiger partial charge on any atom is 0.148 e. The first kappa shape index (κ1) is 12.3. The van der Waals surface area contributed by atoms with Crippen molar-refractivity contribution in [3.8, 4) is 6.07 Å². The Balaban J connectivity index is 2.57. The number of nitrogens with zero attached hydrogens (tertiary/aromatic N) is 1. The SMILES string of the molecule is C=C1CCCC[C@]1(C)CCC(C)(O)C#N. The molecule has 2 nitrogen and oxygen atoms in total. The lowest BCUT2D eigenvalue weighted by Crippen LogP contribution is -2.28. The minimum Gasteiger partial charge on any atom is -0.376 e. The van der Waals surface area contributed by atoms with E-state index in [1.165, 1.54) is 18.4 Å². The van der Waals surface area contributed by atoms with E-state index in [4.69, 9.17) is 5.26 Å². The van der Waals surface area contributed by atoms with Gasteiger partial charge >= 0.3 is 0 Å². The molecular weight excluding hydrogens is 186 g/mol. The summed E-state index contributed by atoms with van der Waals surface area (Å²) in [6, 6.07) is 1.94. The highest BCUT2D eigenvalue weighted by Gasteiger charge is 2.32. The van der Waals surface area contributed by atoms with Gasteiger partial charge in [0.15, 0.2) is 0 Å². The van der Waals surface area contributed by atoms with E-state index in [0.717, 1.165) is 19.3 Å². The summed E-state index contributed by atoms with van der Waals surface area (Å²) in [6.07, 6.45) is 6.14. The Bertz CT molecular complexity index is 287. The van der Waals surface area contributed by atoms with E-state index in [-0.39, 0.29) is 5.41 Å². The van der Waals surface area contributed by atoms with E-state index in [9.17, 15) is 5.11 Å². The Morgan fingerprint density at radius 1 is 1.60 bits per heavy atom. The van der Waals surface area contributed by atoms with Gasteiger partial charge in [-0.3, -0.25) is 0 Å². The summed E-state index contributed by atoms with van der Waals surface area (Å²) < 4.78 is 0. The van der Waals surface area contributed by atoms with Crippen molar-refractivity contribution in [1.29, 1.82) is 5.26 Å². The maximum atomic E-state index is 9.66. The molecule has 0 aromatic heterocycles. The van der Waals surface area contributed by atoms with Gasteiger partial charge in [0, 0.05) is 0 Å². The van der Waals surface area contributed by atoms with Crippen LogP contribution in [-0.2, 0) is 0 Å². The zero-order chi connectivity index (χ0) is 11.5. The van der Waals surface area contributed by atoms with Crippen LogP contribution < -0.4 is 0 Å². The molecule has 0 amide bonds. The van der Waals surface area contributed by atoms with Crippen molar-refractivity contribution < 1.29 is 5.11 Å². The van der Waals surface area contributed by atoms with E-state index in [1.807, 2.05) is 6.07 Å². The number of nitriles is 1. The van der Waals surface area contributed by atoms with Crippen LogP contribution >= 0.6 is 0 Å². The largest absolute Gasteiger partial charge is 0.376 e. The van der Waals surface area contributed by atoms with Gasteiger partial charge in [-0.25, -0.2) is 0 Å². The Hall–Kier alpha value is -0.810. The van der Waals surface area contributed by atoms with Gasteiger partial charge in [0.2, 0.25) is 0 Å². The lowest BCUT2D eigenvalue weighted by atomic mass is 9.68. The molecule has 0 heterocycles. The molecule has 1 unspecified atom stereocenters. The molecule has 0 aromatic rings. The van der Waals surface area contributed by atoms with Crippen LogP contribution in [0.1, 0.15) is 52.4 Å². The first-order chi connectivity index (χ1) is 6.90. The molecule has 1 rings (SSSR count). The normalized spacial score (nSPS) is 30.7. The molecule has 2 heteroatoms. The topological polar surface area (TPSA) is 44.0 Å². The first-order valence-electron chi connectivity index (χ1n) is 5.71. The maximum absolute atomic E-state index is 9.66. The van der Waals surface area contributed by atoms with Crippen molar-refractivity contribution in [2.24, 2.45) is 5.41 Å². The summed E-state index contributed by atoms with van der Waals surface area (Å²) in [4.78, 5) is 0. The summed E-state index contributed by atoms with van der Waals surface area (Å²) in [6.45, 7) is 7.92. The van der Waals surface area contributed by atoms with Crippen LogP contribution in [0.3, 0.4) is 0 Å². The molecule has 1 N–H and O–H groups in total. The Labute approximate surface area is 92.6 Å². The molecule has 0 spiro atoms. The predicted octanol–water partition coefficient (Wildman–Crippen LogP) is 3.18. The van der Waals surface area contributed by atoms with Crippen molar-refractivity contribution in [3.05, 3.63) is 12.2 Å². The fraction of sp³-hybridized carbons (Fsp3) is 0.769. The van der Waals surface area contributed by atoms with Gasteiger partial charge < -0.3 is 5.11 Å². The summed E-state index contributed by atoms with van der Waals surface area (Å²) in [5, 5.41) is 18.4. The minimum absolute atomic E-state index is 0.138. The van der Waals surface area contributed by atoms with Crippen molar-refractivity contribution in [2.45, 2.75) is 58.0 Å². The Kier molecular flexibility index (Phi) is 3.57. The standard InChI is InChI=1S/C13H21NO/c1-11-6-4-5-7-12(11,2)8-9-13(3,15)10-14/h15H,1,4-9H2,2-3H3/t12-,13?/m1/s1. The van der Waals surface area contributed by atoms with Gasteiger partial charge in [-0.1, -0.05) is 25.5 Å². The predicted molar refractivity (Wildman–Crippen MR) is 61.2 cm³/mol. The molecule has 84 valence electrons. The van der Waals surface area contributed by atoms with Gasteiger partial charge in [0.05, 0.1) is 6.07 Å². The number of rotatable bonds is 3. The van der Waals surface area contributed by atoms with Gasteiger partial charge in [-0.05, 0) is 44.4 Å². The van der Waals surface area contributed by atoms with E-state index in [2.05, 4.69) is 13.5 Å². The monoisotopic (exact) mass is 207 g/mol. The van der Waals surface area contributed by atoms with Crippen LogP contribution in [0.4, 0.5) is 0 Å². The number of hydrogen-bond acceptors (Lipinski definition) is 2. The summed E-state index contributed by atoms with van der Waals surface area (Å²) in [5.41, 5.74) is 0.252. The summed E-state index contributed by atoms with van der Waals surface area (Å²) in [7, 11) is 0. The van der Waals surface area contributed by atoms with E-state index < -0.39 is 5.60 Å². The fourth-order valence-electron chi connectivity index (χ4n) is 2.21. The highest BCUT2D eigenvalue weighted by atomic mass is 16.3. The number of aliphatic hydroxyl groups is 1. The second-order valence-corrected chi connectivity index (χ2v) is 5.26. The second kappa shape index (κ2) is 4.37. The van der Waals surface area contributed by atoms with Gasteiger partial charge in [0.1, 0.15) is 5.60 Å². The second-order valence-electron chi connectivity index (χ2n) is 5.26. The van der Waals surface area contributed by atoms with Crippen LogP contribution in [0.2, 0.25) is 0 Å². The Morgan fingerprint density at radius 3 is 2.80 bits per heavy atom. The van der Waals surface area contributed by atoms with Crippen LogP contribution in [0.25, 0.3) is 0 Å². The molecule has 0 bridgehead atoms. The zero-order valence-electron chi connectivity index (χ0n) is 9.84. The lowest BCUT2D eigenvalue weighted by molar-refractivity contribution is 0.0905. The highest BCUT2D eigenvalue weighted by molar-refractivity contribution is 5.12. The molecule has 0 radical (unpaired) electrons. The minimum atomic E-state index is -1.18. The average Bonchev–Trinajstić information content (AvgIpc) is 2.20. The third-order valence-corrected chi connectivity index (χ3v) is 3.72. The van der Waals surface area contributed by atoms with Crippen molar-refractivity contribution in [1.82, 2.24) is 0 Å². The quantitative estimate of drug-likeness (QED) is 0.570. The molecule has 1 aliphatic rings.